The summed E-state index contributed by atoms with van der Waals surface area (Å²) in [5.41, 5.74) is 1.36. The van der Waals surface area contributed by atoms with Gasteiger partial charge in [0.15, 0.2) is 0 Å². The van der Waals surface area contributed by atoms with Gasteiger partial charge in [0.25, 0.3) is 0 Å². The van der Waals surface area contributed by atoms with E-state index in [4.69, 9.17) is 11.6 Å². The number of benzene rings is 1. The van der Waals surface area contributed by atoms with Crippen LogP contribution in [0.5, 0.6) is 0 Å². The summed E-state index contributed by atoms with van der Waals surface area (Å²) in [6.45, 7) is 4.45. The molecule has 7 heteroatoms. The molecule has 1 aliphatic heterocycles. The van der Waals surface area contributed by atoms with E-state index in [0.717, 1.165) is 5.56 Å². The van der Waals surface area contributed by atoms with Gasteiger partial charge in [-0.2, -0.15) is 0 Å². The molecule has 25 heavy (non-hydrogen) atoms. The second kappa shape index (κ2) is 7.89. The largest absolute Gasteiger partial charge is 0.340 e. The molecule has 5 nitrogen and oxygen atoms in total. The van der Waals surface area contributed by atoms with Gasteiger partial charge in [-0.15, -0.1) is 0 Å². The molecule has 0 radical (unpaired) electrons. The SMILES string of the molecule is CCC(=O)N1CCN(C(c2cncnc2)c2ccc(Cl)cc2F)CC1. The van der Waals surface area contributed by atoms with Gasteiger partial charge in [-0.1, -0.05) is 24.6 Å². The normalized spacial score (nSPS) is 16.7. The van der Waals surface area contributed by atoms with Gasteiger partial charge in [0.1, 0.15) is 12.1 Å². The standard InChI is InChI=1S/C18H20ClFN4O/c1-2-17(25)23-5-7-24(8-6-23)18(13-10-21-12-22-11-13)15-4-3-14(19)9-16(15)20/h3-4,9-12,18H,2,5-8H2,1H3. The van der Waals surface area contributed by atoms with Gasteiger partial charge in [0.2, 0.25) is 5.91 Å². The van der Waals surface area contributed by atoms with Crippen molar-refractivity contribution in [1.82, 2.24) is 19.8 Å². The van der Waals surface area contributed by atoms with E-state index in [1.807, 2.05) is 11.8 Å². The average Bonchev–Trinajstić information content (AvgIpc) is 2.64. The predicted molar refractivity (Wildman–Crippen MR) is 93.7 cm³/mol. The molecule has 2 heterocycles. The van der Waals surface area contributed by atoms with Crippen LogP contribution in [0.3, 0.4) is 0 Å². The maximum Gasteiger partial charge on any atom is 0.222 e. The first kappa shape index (κ1) is 17.8. The fraction of sp³-hybridized carbons (Fsp3) is 0.389. The Bertz CT molecular complexity index is 735. The number of piperazine rings is 1. The van der Waals surface area contributed by atoms with Crippen molar-refractivity contribution in [2.75, 3.05) is 26.2 Å². The number of amides is 1. The molecule has 1 unspecified atom stereocenters. The van der Waals surface area contributed by atoms with Crippen LogP contribution in [-0.4, -0.2) is 51.9 Å². The van der Waals surface area contributed by atoms with Crippen LogP contribution in [0.25, 0.3) is 0 Å². The van der Waals surface area contributed by atoms with E-state index in [9.17, 15) is 9.18 Å². The van der Waals surface area contributed by atoms with Crippen LogP contribution in [0.1, 0.15) is 30.5 Å². The summed E-state index contributed by atoms with van der Waals surface area (Å²) in [5.74, 6) is -0.203. The van der Waals surface area contributed by atoms with Crippen molar-refractivity contribution < 1.29 is 9.18 Å². The minimum atomic E-state index is -0.353. The lowest BCUT2D eigenvalue weighted by molar-refractivity contribution is -0.132. The predicted octanol–water partition coefficient (Wildman–Crippen LogP) is 2.91. The molecule has 1 aromatic heterocycles. The van der Waals surface area contributed by atoms with Crippen molar-refractivity contribution in [2.24, 2.45) is 0 Å². The molecule has 0 spiro atoms. The summed E-state index contributed by atoms with van der Waals surface area (Å²) >= 11 is 5.90. The Morgan fingerprint density at radius 1 is 1.24 bits per heavy atom. The Morgan fingerprint density at radius 3 is 2.52 bits per heavy atom. The maximum atomic E-state index is 14.6. The molecule has 1 fully saturated rings. The van der Waals surface area contributed by atoms with E-state index in [1.54, 1.807) is 24.5 Å². The van der Waals surface area contributed by atoms with E-state index in [-0.39, 0.29) is 17.8 Å². The van der Waals surface area contributed by atoms with Gasteiger partial charge in [0, 0.05) is 61.1 Å². The van der Waals surface area contributed by atoms with Crippen molar-refractivity contribution in [2.45, 2.75) is 19.4 Å². The van der Waals surface area contributed by atoms with Crippen LogP contribution in [-0.2, 0) is 4.79 Å². The third-order valence-electron chi connectivity index (χ3n) is 4.49. The summed E-state index contributed by atoms with van der Waals surface area (Å²) in [6, 6.07) is 4.41. The third-order valence-corrected chi connectivity index (χ3v) is 4.72. The van der Waals surface area contributed by atoms with Gasteiger partial charge < -0.3 is 4.90 Å². The second-order valence-electron chi connectivity index (χ2n) is 6.01. The summed E-state index contributed by atoms with van der Waals surface area (Å²) in [6.07, 6.45) is 5.36. The van der Waals surface area contributed by atoms with Crippen LogP contribution in [0.4, 0.5) is 4.39 Å². The molecule has 2 aromatic rings. The molecule has 132 valence electrons. The first-order valence-electron chi connectivity index (χ1n) is 8.31. The van der Waals surface area contributed by atoms with Crippen LogP contribution in [0.15, 0.2) is 36.9 Å². The Labute approximate surface area is 151 Å². The highest BCUT2D eigenvalue weighted by Gasteiger charge is 2.29. The van der Waals surface area contributed by atoms with E-state index in [2.05, 4.69) is 14.9 Å². The quantitative estimate of drug-likeness (QED) is 0.839. The molecule has 0 aliphatic carbocycles. The molecule has 1 amide bonds. The number of halogens is 2. The number of nitrogens with zero attached hydrogens (tertiary/aromatic N) is 4. The number of hydrogen-bond donors (Lipinski definition) is 0. The van der Waals surface area contributed by atoms with Gasteiger partial charge in [0.05, 0.1) is 6.04 Å². The molecular formula is C18H20ClFN4O. The lowest BCUT2D eigenvalue weighted by atomic mass is 9.98. The minimum absolute atomic E-state index is 0.150. The molecule has 1 saturated heterocycles. The molecular weight excluding hydrogens is 343 g/mol. The summed E-state index contributed by atoms with van der Waals surface area (Å²) in [4.78, 5) is 24.1. The first-order valence-corrected chi connectivity index (χ1v) is 8.69. The van der Waals surface area contributed by atoms with E-state index < -0.39 is 0 Å². The van der Waals surface area contributed by atoms with Crippen molar-refractivity contribution in [3.63, 3.8) is 0 Å². The molecule has 0 bridgehead atoms. The van der Waals surface area contributed by atoms with E-state index in [1.165, 1.54) is 12.4 Å². The number of hydrogen-bond acceptors (Lipinski definition) is 4. The van der Waals surface area contributed by atoms with Crippen molar-refractivity contribution in [3.8, 4) is 0 Å². The van der Waals surface area contributed by atoms with Gasteiger partial charge in [-0.25, -0.2) is 14.4 Å². The Hall–Kier alpha value is -2.05. The summed E-state index contributed by atoms with van der Waals surface area (Å²) in [7, 11) is 0. The van der Waals surface area contributed by atoms with Crippen LogP contribution in [0, 0.1) is 5.82 Å². The number of carbonyl (C=O) groups excluding carboxylic acids is 1. The van der Waals surface area contributed by atoms with E-state index in [0.29, 0.717) is 43.2 Å². The molecule has 1 aromatic carbocycles. The summed E-state index contributed by atoms with van der Waals surface area (Å²) in [5, 5.41) is 0.364. The van der Waals surface area contributed by atoms with E-state index >= 15 is 0 Å². The first-order chi connectivity index (χ1) is 12.1. The highest BCUT2D eigenvalue weighted by molar-refractivity contribution is 6.30. The smallest absolute Gasteiger partial charge is 0.222 e. The van der Waals surface area contributed by atoms with Gasteiger partial charge in [-0.3, -0.25) is 9.69 Å². The molecule has 0 N–H and O–H groups in total. The van der Waals surface area contributed by atoms with Crippen LogP contribution < -0.4 is 0 Å². The van der Waals surface area contributed by atoms with Crippen LogP contribution >= 0.6 is 11.6 Å². The lowest BCUT2D eigenvalue weighted by Crippen LogP contribution is -2.49. The molecule has 0 saturated carbocycles. The average molecular weight is 363 g/mol. The summed E-state index contributed by atoms with van der Waals surface area (Å²) < 4.78 is 14.6. The second-order valence-corrected chi connectivity index (χ2v) is 6.45. The molecule has 3 rings (SSSR count). The third kappa shape index (κ3) is 3.96. The zero-order valence-electron chi connectivity index (χ0n) is 14.0. The Morgan fingerprint density at radius 2 is 1.92 bits per heavy atom. The number of aromatic nitrogens is 2. The monoisotopic (exact) mass is 362 g/mol. The zero-order chi connectivity index (χ0) is 17.8. The number of rotatable bonds is 4. The topological polar surface area (TPSA) is 49.3 Å². The fourth-order valence-electron chi connectivity index (χ4n) is 3.22. The maximum absolute atomic E-state index is 14.6. The van der Waals surface area contributed by atoms with Gasteiger partial charge in [-0.05, 0) is 12.1 Å². The molecule has 1 aliphatic rings. The highest BCUT2D eigenvalue weighted by atomic mass is 35.5. The van der Waals surface area contributed by atoms with Crippen molar-refractivity contribution in [1.29, 1.82) is 0 Å². The number of carbonyl (C=O) groups is 1. The van der Waals surface area contributed by atoms with Crippen molar-refractivity contribution >= 4 is 17.5 Å². The zero-order valence-corrected chi connectivity index (χ0v) is 14.8. The fourth-order valence-corrected chi connectivity index (χ4v) is 3.37. The highest BCUT2D eigenvalue weighted by Crippen LogP contribution is 2.31. The minimum Gasteiger partial charge on any atom is -0.340 e. The molecule has 1 atom stereocenters. The lowest BCUT2D eigenvalue weighted by Gasteiger charge is -2.39. The Kier molecular flexibility index (Phi) is 5.60. The van der Waals surface area contributed by atoms with Crippen molar-refractivity contribution in [3.05, 3.63) is 58.9 Å². The van der Waals surface area contributed by atoms with Crippen LogP contribution in [0.2, 0.25) is 5.02 Å². The Balaban J connectivity index is 1.89. The van der Waals surface area contributed by atoms with Gasteiger partial charge >= 0.3 is 0 Å².